The summed E-state index contributed by atoms with van der Waals surface area (Å²) in [6, 6.07) is 3.87. The third kappa shape index (κ3) is 4.08. The minimum Gasteiger partial charge on any atom is -0.361 e. The topological polar surface area (TPSA) is 68.9 Å². The van der Waals surface area contributed by atoms with Gasteiger partial charge in [0.05, 0.1) is 17.0 Å². The van der Waals surface area contributed by atoms with Crippen LogP contribution in [0.3, 0.4) is 0 Å². The molecule has 2 heterocycles. The molecule has 0 aliphatic heterocycles. The molecule has 11 heteroatoms. The maximum Gasteiger partial charge on any atom is 0.274 e. The molecule has 2 atom stereocenters. The Balaban J connectivity index is 1.53. The molecule has 2 saturated carbocycles. The SMILES string of the molecule is C[C@@H](Nc1nn(C)c(=O)c2cc(=O)n([C@@H]3CC34CCC(F)(F)CC4)cc12)c1cccc(C(F)F)c1F. The highest BCUT2D eigenvalue weighted by atomic mass is 19.3. The van der Waals surface area contributed by atoms with E-state index in [1.54, 1.807) is 6.92 Å². The molecule has 6 nitrogen and oxygen atoms in total. The van der Waals surface area contributed by atoms with Gasteiger partial charge >= 0.3 is 0 Å². The van der Waals surface area contributed by atoms with Crippen molar-refractivity contribution in [3.05, 3.63) is 68.1 Å². The van der Waals surface area contributed by atoms with E-state index in [2.05, 4.69) is 10.4 Å². The van der Waals surface area contributed by atoms with Gasteiger partial charge in [-0.05, 0) is 31.6 Å². The van der Waals surface area contributed by atoms with Crippen LogP contribution in [0.15, 0.2) is 40.1 Å². The number of benzene rings is 1. The maximum atomic E-state index is 14.7. The summed E-state index contributed by atoms with van der Waals surface area (Å²) in [6.07, 6.45) is -0.703. The first-order chi connectivity index (χ1) is 16.9. The van der Waals surface area contributed by atoms with E-state index in [1.165, 1.54) is 36.0 Å². The Morgan fingerprint density at radius 2 is 1.75 bits per heavy atom. The highest BCUT2D eigenvalue weighted by Gasteiger charge is 2.59. The van der Waals surface area contributed by atoms with Gasteiger partial charge in [-0.1, -0.05) is 18.2 Å². The molecule has 2 aliphatic carbocycles. The van der Waals surface area contributed by atoms with Crippen molar-refractivity contribution in [2.75, 3.05) is 5.32 Å². The van der Waals surface area contributed by atoms with E-state index in [0.717, 1.165) is 10.7 Å². The summed E-state index contributed by atoms with van der Waals surface area (Å²) < 4.78 is 71.0. The van der Waals surface area contributed by atoms with Crippen molar-refractivity contribution < 1.29 is 22.0 Å². The van der Waals surface area contributed by atoms with Gasteiger partial charge in [-0.3, -0.25) is 9.59 Å². The molecule has 5 rings (SSSR count). The summed E-state index contributed by atoms with van der Waals surface area (Å²) in [6.45, 7) is 1.57. The fraction of sp³-hybridized carbons (Fsp3) is 0.480. The van der Waals surface area contributed by atoms with Crippen molar-refractivity contribution in [1.29, 1.82) is 0 Å². The van der Waals surface area contributed by atoms with Crippen LogP contribution in [0.2, 0.25) is 0 Å². The predicted molar refractivity (Wildman–Crippen MR) is 124 cm³/mol. The first kappa shape index (κ1) is 24.5. The zero-order chi connectivity index (χ0) is 26.0. The van der Waals surface area contributed by atoms with Gasteiger partial charge in [-0.15, -0.1) is 0 Å². The van der Waals surface area contributed by atoms with Gasteiger partial charge in [-0.25, -0.2) is 26.6 Å². The number of pyridine rings is 1. The van der Waals surface area contributed by atoms with E-state index in [-0.39, 0.29) is 41.1 Å². The minimum absolute atomic E-state index is 0.00537. The molecule has 0 saturated heterocycles. The van der Waals surface area contributed by atoms with E-state index in [4.69, 9.17) is 0 Å². The number of aromatic nitrogens is 3. The summed E-state index contributed by atoms with van der Waals surface area (Å²) >= 11 is 0. The number of halogens is 5. The van der Waals surface area contributed by atoms with E-state index >= 15 is 0 Å². The number of alkyl halides is 4. The second kappa shape index (κ2) is 8.41. The van der Waals surface area contributed by atoms with Crippen LogP contribution in [0.4, 0.5) is 27.8 Å². The summed E-state index contributed by atoms with van der Waals surface area (Å²) in [5.74, 6) is -3.56. The lowest BCUT2D eigenvalue weighted by Crippen LogP contribution is -2.29. The van der Waals surface area contributed by atoms with E-state index in [0.29, 0.717) is 24.6 Å². The summed E-state index contributed by atoms with van der Waals surface area (Å²) in [7, 11) is 1.40. The van der Waals surface area contributed by atoms with Crippen LogP contribution in [-0.2, 0) is 7.05 Å². The third-order valence-electron chi connectivity index (χ3n) is 7.68. The zero-order valence-electron chi connectivity index (χ0n) is 19.7. The van der Waals surface area contributed by atoms with Crippen LogP contribution in [0.5, 0.6) is 0 Å². The molecule has 0 amide bonds. The molecular formula is C25H25F5N4O2. The molecule has 2 aliphatic rings. The lowest BCUT2D eigenvalue weighted by atomic mass is 9.83. The molecule has 1 N–H and O–H groups in total. The maximum absolute atomic E-state index is 14.7. The van der Waals surface area contributed by atoms with Gasteiger partial charge in [0.25, 0.3) is 17.5 Å². The van der Waals surface area contributed by atoms with Crippen molar-refractivity contribution in [3.8, 4) is 0 Å². The Morgan fingerprint density at radius 3 is 2.42 bits per heavy atom. The standard InChI is InChI=1S/C25H25F5N4O2/c1-13(14-4-3-5-15(20(14)26)21(27)28)31-22-17-12-34(19(35)10-16(17)23(36)33(2)32-22)18-11-24(18)6-8-25(29,30)9-7-24/h3-5,10,12-13,18,21H,6-9,11H2,1-2H3,(H,31,32)/t13-,18-/m1/s1. The van der Waals surface area contributed by atoms with Gasteiger partial charge in [0, 0.05) is 49.1 Å². The van der Waals surface area contributed by atoms with Crippen molar-refractivity contribution in [1.82, 2.24) is 14.3 Å². The average molecular weight is 508 g/mol. The first-order valence-corrected chi connectivity index (χ1v) is 11.8. The van der Waals surface area contributed by atoms with Gasteiger partial charge < -0.3 is 9.88 Å². The normalized spacial score (nSPS) is 21.2. The molecule has 2 fully saturated rings. The largest absolute Gasteiger partial charge is 0.361 e. The summed E-state index contributed by atoms with van der Waals surface area (Å²) in [5.41, 5.74) is -2.02. The fourth-order valence-electron chi connectivity index (χ4n) is 5.41. The zero-order valence-corrected chi connectivity index (χ0v) is 19.7. The molecule has 0 radical (unpaired) electrons. The van der Waals surface area contributed by atoms with Crippen LogP contribution in [0.25, 0.3) is 10.8 Å². The quantitative estimate of drug-likeness (QED) is 0.463. The Hall–Kier alpha value is -3.24. The van der Waals surface area contributed by atoms with E-state index < -0.39 is 40.9 Å². The molecule has 36 heavy (non-hydrogen) atoms. The molecule has 1 aromatic carbocycles. The smallest absolute Gasteiger partial charge is 0.274 e. The van der Waals surface area contributed by atoms with Gasteiger partial charge in [0.2, 0.25) is 5.92 Å². The number of nitrogens with one attached hydrogen (secondary N) is 1. The Kier molecular flexibility index (Phi) is 5.72. The predicted octanol–water partition coefficient (Wildman–Crippen LogP) is 5.49. The number of hydrogen-bond acceptors (Lipinski definition) is 4. The minimum atomic E-state index is -2.98. The van der Waals surface area contributed by atoms with Crippen LogP contribution in [0, 0.1) is 11.2 Å². The fourth-order valence-corrected chi connectivity index (χ4v) is 5.41. The lowest BCUT2D eigenvalue weighted by molar-refractivity contribution is -0.0515. The van der Waals surface area contributed by atoms with Gasteiger partial charge in [0.1, 0.15) is 5.82 Å². The van der Waals surface area contributed by atoms with E-state index in [1.807, 2.05) is 0 Å². The van der Waals surface area contributed by atoms with Crippen molar-refractivity contribution >= 4 is 16.6 Å². The number of fused-ring (bicyclic) bond motifs is 1. The molecule has 192 valence electrons. The average Bonchev–Trinajstić information content (AvgIpc) is 3.52. The van der Waals surface area contributed by atoms with Crippen molar-refractivity contribution in [3.63, 3.8) is 0 Å². The highest BCUT2D eigenvalue weighted by molar-refractivity contribution is 5.90. The van der Waals surface area contributed by atoms with Crippen LogP contribution in [-0.4, -0.2) is 20.3 Å². The third-order valence-corrected chi connectivity index (χ3v) is 7.68. The number of hydrogen-bond donors (Lipinski definition) is 1. The Labute approximate surface area is 202 Å². The van der Waals surface area contributed by atoms with Gasteiger partial charge in [0.15, 0.2) is 5.82 Å². The monoisotopic (exact) mass is 508 g/mol. The van der Waals surface area contributed by atoms with E-state index in [9.17, 15) is 31.5 Å². The van der Waals surface area contributed by atoms with Gasteiger partial charge in [-0.2, -0.15) is 5.10 Å². The Bertz CT molecular complexity index is 1460. The highest BCUT2D eigenvalue weighted by Crippen LogP contribution is 2.65. The number of aryl methyl sites for hydroxylation is 1. The second-order valence-electron chi connectivity index (χ2n) is 9.98. The molecule has 0 bridgehead atoms. The molecule has 1 spiro atoms. The molecule has 0 unspecified atom stereocenters. The molecular weight excluding hydrogens is 483 g/mol. The summed E-state index contributed by atoms with van der Waals surface area (Å²) in [4.78, 5) is 25.7. The number of anilines is 1. The molecule has 2 aromatic heterocycles. The Morgan fingerprint density at radius 1 is 1.08 bits per heavy atom. The van der Waals surface area contributed by atoms with Crippen molar-refractivity contribution in [2.24, 2.45) is 12.5 Å². The first-order valence-electron chi connectivity index (χ1n) is 11.8. The lowest BCUT2D eigenvalue weighted by Gasteiger charge is -2.29. The van der Waals surface area contributed by atoms with Crippen LogP contribution < -0.4 is 16.4 Å². The summed E-state index contributed by atoms with van der Waals surface area (Å²) in [5, 5.41) is 7.63. The van der Waals surface area contributed by atoms with Crippen molar-refractivity contribution in [2.45, 2.75) is 63.5 Å². The number of rotatable bonds is 5. The van der Waals surface area contributed by atoms with Crippen LogP contribution in [0.1, 0.15) is 68.7 Å². The second-order valence-corrected chi connectivity index (χ2v) is 9.98. The number of nitrogens with zero attached hydrogens (tertiary/aromatic N) is 3. The van der Waals surface area contributed by atoms with Crippen LogP contribution >= 0.6 is 0 Å². The molecule has 3 aromatic rings.